The van der Waals surface area contributed by atoms with E-state index in [-0.39, 0.29) is 0 Å². The Morgan fingerprint density at radius 3 is 2.58 bits per heavy atom. The molecule has 4 rings (SSSR count). The molecule has 0 bridgehead atoms. The van der Waals surface area contributed by atoms with Crippen molar-refractivity contribution in [2.45, 2.75) is 66.2 Å². The van der Waals surface area contributed by atoms with E-state index in [0.29, 0.717) is 5.92 Å². The highest BCUT2D eigenvalue weighted by Gasteiger charge is 2.28. The largest absolute Gasteiger partial charge is 0.242 e. The summed E-state index contributed by atoms with van der Waals surface area (Å²) < 4.78 is 0. The Balaban J connectivity index is 2.05. The summed E-state index contributed by atoms with van der Waals surface area (Å²) in [4.78, 5) is 7.92. The van der Waals surface area contributed by atoms with E-state index in [0.717, 1.165) is 5.92 Å². The van der Waals surface area contributed by atoms with E-state index in [1.807, 2.05) is 11.3 Å². The number of nitrogens with zero attached hydrogens (tertiary/aromatic N) is 1. The first-order chi connectivity index (χ1) is 12.5. The fraction of sp³-hybridized carbons (Fsp3) is 0.458. The third kappa shape index (κ3) is 2.89. The zero-order chi connectivity index (χ0) is 18.4. The van der Waals surface area contributed by atoms with Gasteiger partial charge in [-0.1, -0.05) is 57.0 Å². The molecule has 136 valence electrons. The summed E-state index contributed by atoms with van der Waals surface area (Å²) in [6.45, 7) is 11.4. The molecule has 1 aliphatic rings. The molecule has 2 heteroatoms. The molecular formula is C24H29NS. The summed E-state index contributed by atoms with van der Waals surface area (Å²) in [6, 6.07) is 9.13. The molecule has 0 radical (unpaired) electrons. The topological polar surface area (TPSA) is 12.9 Å². The monoisotopic (exact) mass is 363 g/mol. The molecule has 3 aromatic rings. The van der Waals surface area contributed by atoms with Crippen LogP contribution in [0.15, 0.2) is 24.3 Å². The van der Waals surface area contributed by atoms with Gasteiger partial charge in [-0.05, 0) is 67.2 Å². The van der Waals surface area contributed by atoms with Crippen molar-refractivity contribution in [1.82, 2.24) is 4.98 Å². The van der Waals surface area contributed by atoms with Crippen LogP contribution in [0, 0.1) is 19.8 Å². The molecule has 0 saturated heterocycles. The minimum absolute atomic E-state index is 0.544. The lowest BCUT2D eigenvalue weighted by molar-refractivity contribution is 0.630. The van der Waals surface area contributed by atoms with Crippen LogP contribution in [0.2, 0.25) is 0 Å². The lowest BCUT2D eigenvalue weighted by atomic mass is 9.85. The molecule has 0 N–H and O–H groups in total. The van der Waals surface area contributed by atoms with Gasteiger partial charge in [0.25, 0.3) is 0 Å². The van der Waals surface area contributed by atoms with Crippen molar-refractivity contribution in [2.75, 3.05) is 0 Å². The van der Waals surface area contributed by atoms with Crippen LogP contribution in [0.25, 0.3) is 21.3 Å². The SMILES string of the molecule is CCCC(C)c1c(C)nc2sc3c(c2c1-c1ccc(C)cc1)CC(C)C3. The van der Waals surface area contributed by atoms with Crippen LogP contribution >= 0.6 is 11.3 Å². The molecule has 0 amide bonds. The van der Waals surface area contributed by atoms with Gasteiger partial charge in [-0.3, -0.25) is 0 Å². The molecule has 1 aliphatic carbocycles. The normalized spacial score (nSPS) is 17.7. The van der Waals surface area contributed by atoms with E-state index in [1.165, 1.54) is 63.8 Å². The lowest BCUT2D eigenvalue weighted by Crippen LogP contribution is -2.03. The van der Waals surface area contributed by atoms with Crippen molar-refractivity contribution in [3.05, 3.63) is 51.5 Å². The number of aryl methyl sites for hydroxylation is 2. The van der Waals surface area contributed by atoms with Crippen molar-refractivity contribution in [1.29, 1.82) is 0 Å². The van der Waals surface area contributed by atoms with E-state index >= 15 is 0 Å². The fourth-order valence-electron chi connectivity index (χ4n) is 4.68. The highest BCUT2D eigenvalue weighted by atomic mass is 32.1. The molecular weight excluding hydrogens is 334 g/mol. The number of thiophene rings is 1. The maximum absolute atomic E-state index is 5.09. The highest BCUT2D eigenvalue weighted by molar-refractivity contribution is 7.19. The van der Waals surface area contributed by atoms with Crippen molar-refractivity contribution in [3.63, 3.8) is 0 Å². The number of hydrogen-bond donors (Lipinski definition) is 0. The summed E-state index contributed by atoms with van der Waals surface area (Å²) in [7, 11) is 0. The van der Waals surface area contributed by atoms with E-state index < -0.39 is 0 Å². The molecule has 2 aromatic heterocycles. The highest BCUT2D eigenvalue weighted by Crippen LogP contribution is 2.46. The number of benzene rings is 1. The van der Waals surface area contributed by atoms with Crippen LogP contribution in [-0.2, 0) is 12.8 Å². The van der Waals surface area contributed by atoms with Gasteiger partial charge in [-0.2, -0.15) is 0 Å². The maximum atomic E-state index is 5.09. The molecule has 0 spiro atoms. The quantitative estimate of drug-likeness (QED) is 0.477. The zero-order valence-electron chi connectivity index (χ0n) is 16.6. The third-order valence-electron chi connectivity index (χ3n) is 5.89. The third-order valence-corrected chi connectivity index (χ3v) is 7.04. The Bertz CT molecular complexity index is 949. The second kappa shape index (κ2) is 6.81. The molecule has 1 nitrogen and oxygen atoms in total. The van der Waals surface area contributed by atoms with Crippen LogP contribution in [0.5, 0.6) is 0 Å². The predicted molar refractivity (Wildman–Crippen MR) is 114 cm³/mol. The molecule has 1 aromatic carbocycles. The van der Waals surface area contributed by atoms with Gasteiger partial charge in [-0.25, -0.2) is 4.98 Å². The lowest BCUT2D eigenvalue weighted by Gasteiger charge is -2.20. The summed E-state index contributed by atoms with van der Waals surface area (Å²) >= 11 is 1.94. The first-order valence-electron chi connectivity index (χ1n) is 10.0. The van der Waals surface area contributed by atoms with Gasteiger partial charge in [0.2, 0.25) is 0 Å². The van der Waals surface area contributed by atoms with Gasteiger partial charge < -0.3 is 0 Å². The fourth-order valence-corrected chi connectivity index (χ4v) is 6.10. The number of rotatable bonds is 4. The first-order valence-corrected chi connectivity index (χ1v) is 10.8. The smallest absolute Gasteiger partial charge is 0.124 e. The summed E-state index contributed by atoms with van der Waals surface area (Å²) in [6.07, 6.45) is 4.86. The first kappa shape index (κ1) is 17.7. The Kier molecular flexibility index (Phi) is 4.64. The van der Waals surface area contributed by atoms with Gasteiger partial charge in [-0.15, -0.1) is 11.3 Å². The van der Waals surface area contributed by atoms with Gasteiger partial charge in [0.1, 0.15) is 4.83 Å². The van der Waals surface area contributed by atoms with Crippen LogP contribution in [0.1, 0.15) is 66.8 Å². The van der Waals surface area contributed by atoms with Crippen molar-refractivity contribution >= 4 is 21.6 Å². The van der Waals surface area contributed by atoms with Gasteiger partial charge >= 0.3 is 0 Å². The Morgan fingerprint density at radius 1 is 1.15 bits per heavy atom. The Labute approximate surface area is 161 Å². The van der Waals surface area contributed by atoms with Crippen LogP contribution < -0.4 is 0 Å². The summed E-state index contributed by atoms with van der Waals surface area (Å²) in [5, 5.41) is 1.46. The zero-order valence-corrected chi connectivity index (χ0v) is 17.5. The molecule has 0 fully saturated rings. The van der Waals surface area contributed by atoms with Crippen LogP contribution in [0.4, 0.5) is 0 Å². The number of hydrogen-bond acceptors (Lipinski definition) is 2. The molecule has 0 aliphatic heterocycles. The number of pyridine rings is 1. The van der Waals surface area contributed by atoms with Crippen LogP contribution in [-0.4, -0.2) is 4.98 Å². The Hall–Kier alpha value is -1.67. The average Bonchev–Trinajstić information content (AvgIpc) is 3.10. The molecule has 0 saturated carbocycles. The summed E-state index contributed by atoms with van der Waals surface area (Å²) in [5.74, 6) is 1.31. The van der Waals surface area contributed by atoms with Crippen LogP contribution in [0.3, 0.4) is 0 Å². The molecule has 2 heterocycles. The minimum atomic E-state index is 0.544. The van der Waals surface area contributed by atoms with E-state index in [9.17, 15) is 0 Å². The number of aromatic nitrogens is 1. The van der Waals surface area contributed by atoms with E-state index in [2.05, 4.69) is 58.9 Å². The maximum Gasteiger partial charge on any atom is 0.124 e. The number of fused-ring (bicyclic) bond motifs is 3. The average molecular weight is 364 g/mol. The second-order valence-electron chi connectivity index (χ2n) is 8.24. The van der Waals surface area contributed by atoms with Crippen molar-refractivity contribution in [2.24, 2.45) is 5.92 Å². The second-order valence-corrected chi connectivity index (χ2v) is 9.32. The van der Waals surface area contributed by atoms with Crippen molar-refractivity contribution < 1.29 is 0 Å². The van der Waals surface area contributed by atoms with E-state index in [4.69, 9.17) is 4.98 Å². The predicted octanol–water partition coefficient (Wildman–Crippen LogP) is 7.22. The standard InChI is InChI=1S/C24H29NS/c1-6-7-16(4)21-17(5)25-24-23(19-12-15(3)13-20(19)26-24)22(21)18-10-8-14(2)9-11-18/h8-11,15-16H,6-7,12-13H2,1-5H3. The van der Waals surface area contributed by atoms with Gasteiger partial charge in [0.05, 0.1) is 0 Å². The molecule has 2 unspecified atom stereocenters. The van der Waals surface area contributed by atoms with Gasteiger partial charge in [0, 0.05) is 16.0 Å². The molecule has 2 atom stereocenters. The van der Waals surface area contributed by atoms with E-state index in [1.54, 1.807) is 10.4 Å². The van der Waals surface area contributed by atoms with Gasteiger partial charge in [0.15, 0.2) is 0 Å². The Morgan fingerprint density at radius 2 is 1.88 bits per heavy atom. The summed E-state index contributed by atoms with van der Waals surface area (Å²) in [5.41, 5.74) is 8.45. The molecule has 26 heavy (non-hydrogen) atoms. The minimum Gasteiger partial charge on any atom is -0.242 e. The van der Waals surface area contributed by atoms with Crippen molar-refractivity contribution in [3.8, 4) is 11.1 Å².